The highest BCUT2D eigenvalue weighted by Crippen LogP contribution is 2.23. The van der Waals surface area contributed by atoms with Crippen molar-refractivity contribution >= 4 is 5.91 Å². The normalized spacial score (nSPS) is 22.9. The Morgan fingerprint density at radius 2 is 1.94 bits per heavy atom. The fraction of sp³-hybridized carbons (Fsp3) is 0.909. The van der Waals surface area contributed by atoms with E-state index in [0.717, 1.165) is 26.2 Å². The van der Waals surface area contributed by atoms with E-state index in [1.807, 2.05) is 6.92 Å². The second-order valence-electron chi connectivity index (χ2n) is 4.64. The van der Waals surface area contributed by atoms with Gasteiger partial charge in [-0.3, -0.25) is 9.69 Å². The number of amides is 1. The molecule has 1 rings (SSSR count). The number of carbonyl (C=O) groups excluding carboxylic acids is 1. The zero-order chi connectivity index (χ0) is 12.2. The van der Waals surface area contributed by atoms with Crippen LogP contribution in [0.1, 0.15) is 19.8 Å². The molecule has 94 valence electrons. The number of primary amides is 1. The summed E-state index contributed by atoms with van der Waals surface area (Å²) in [6.45, 7) is 6.05. The number of hydrogen-bond donors (Lipinski definition) is 1. The van der Waals surface area contributed by atoms with E-state index in [-0.39, 0.29) is 11.6 Å². The quantitative estimate of drug-likeness (QED) is 0.713. The zero-order valence-electron chi connectivity index (χ0n) is 10.5. The summed E-state index contributed by atoms with van der Waals surface area (Å²) < 4.78 is 5.56. The molecule has 5 heteroatoms. The lowest BCUT2D eigenvalue weighted by molar-refractivity contribution is -0.144. The van der Waals surface area contributed by atoms with Crippen LogP contribution in [0.3, 0.4) is 0 Å². The Balaban J connectivity index is 2.53. The first-order valence-corrected chi connectivity index (χ1v) is 5.75. The maximum atomic E-state index is 10.8. The zero-order valence-corrected chi connectivity index (χ0v) is 10.5. The molecule has 0 aromatic heterocycles. The van der Waals surface area contributed by atoms with Crippen LogP contribution < -0.4 is 5.73 Å². The largest absolute Gasteiger partial charge is 0.370 e. The van der Waals surface area contributed by atoms with Gasteiger partial charge in [-0.05, 0) is 20.4 Å². The molecule has 0 bridgehead atoms. The van der Waals surface area contributed by atoms with E-state index in [4.69, 9.17) is 10.5 Å². The lowest BCUT2D eigenvalue weighted by Crippen LogP contribution is -2.56. The van der Waals surface area contributed by atoms with Crippen LogP contribution in [0.2, 0.25) is 0 Å². The van der Waals surface area contributed by atoms with E-state index in [1.54, 1.807) is 7.11 Å². The molecular weight excluding hydrogens is 206 g/mol. The summed E-state index contributed by atoms with van der Waals surface area (Å²) in [7, 11) is 3.81. The molecule has 1 aliphatic heterocycles. The number of methoxy groups -OCH3 is 1. The minimum atomic E-state index is -0.365. The number of rotatable bonds is 5. The number of likely N-dealkylation sites (N-methyl/N-ethyl adjacent to an activating group) is 1. The number of piperazine rings is 1. The second-order valence-corrected chi connectivity index (χ2v) is 4.64. The predicted octanol–water partition coefficient (Wildman–Crippen LogP) is -0.138. The van der Waals surface area contributed by atoms with Crippen molar-refractivity contribution in [3.8, 4) is 0 Å². The average Bonchev–Trinajstić information content (AvgIpc) is 2.27. The van der Waals surface area contributed by atoms with Crippen molar-refractivity contribution in [1.29, 1.82) is 0 Å². The Labute approximate surface area is 97.5 Å². The summed E-state index contributed by atoms with van der Waals surface area (Å²) in [5.74, 6) is -0.266. The van der Waals surface area contributed by atoms with Gasteiger partial charge in [0.15, 0.2) is 0 Å². The Bertz CT molecular complexity index is 239. The molecule has 16 heavy (non-hydrogen) atoms. The van der Waals surface area contributed by atoms with Crippen LogP contribution in [0.4, 0.5) is 0 Å². The lowest BCUT2D eigenvalue weighted by Gasteiger charge is -2.44. The first-order chi connectivity index (χ1) is 7.48. The van der Waals surface area contributed by atoms with Crippen molar-refractivity contribution in [2.45, 2.75) is 25.5 Å². The van der Waals surface area contributed by atoms with Crippen LogP contribution in [-0.4, -0.2) is 61.8 Å². The third-order valence-electron chi connectivity index (χ3n) is 3.45. The van der Waals surface area contributed by atoms with Crippen LogP contribution in [0, 0.1) is 0 Å². The number of carbonyl (C=O) groups is 1. The molecule has 1 amide bonds. The average molecular weight is 229 g/mol. The molecule has 1 aliphatic rings. The van der Waals surface area contributed by atoms with Gasteiger partial charge >= 0.3 is 0 Å². The van der Waals surface area contributed by atoms with Gasteiger partial charge < -0.3 is 15.4 Å². The van der Waals surface area contributed by atoms with E-state index in [1.165, 1.54) is 0 Å². The summed E-state index contributed by atoms with van der Waals surface area (Å²) in [6, 6.07) is 0. The van der Waals surface area contributed by atoms with E-state index in [2.05, 4.69) is 16.8 Å². The number of hydrogen-bond acceptors (Lipinski definition) is 4. The highest BCUT2D eigenvalue weighted by Gasteiger charge is 2.33. The Morgan fingerprint density at radius 3 is 2.38 bits per heavy atom. The van der Waals surface area contributed by atoms with Crippen LogP contribution in [0.25, 0.3) is 0 Å². The van der Waals surface area contributed by atoms with Crippen LogP contribution >= 0.6 is 0 Å². The Hall–Kier alpha value is -0.650. The van der Waals surface area contributed by atoms with Crippen LogP contribution in [0.15, 0.2) is 0 Å². The maximum Gasteiger partial charge on any atom is 0.217 e. The molecule has 1 saturated heterocycles. The summed E-state index contributed by atoms with van der Waals surface area (Å²) in [5, 5.41) is 0. The molecular formula is C11H23N3O2. The topological polar surface area (TPSA) is 58.8 Å². The van der Waals surface area contributed by atoms with Gasteiger partial charge in [0.1, 0.15) is 5.72 Å². The lowest BCUT2D eigenvalue weighted by atomic mass is 10.1. The summed E-state index contributed by atoms with van der Waals surface area (Å²) in [6.07, 6.45) is 1.03. The van der Waals surface area contributed by atoms with Crippen molar-refractivity contribution in [2.75, 3.05) is 40.3 Å². The minimum Gasteiger partial charge on any atom is -0.370 e. The van der Waals surface area contributed by atoms with Gasteiger partial charge in [-0.1, -0.05) is 0 Å². The van der Waals surface area contributed by atoms with Crippen molar-refractivity contribution in [2.24, 2.45) is 5.73 Å². The molecule has 5 nitrogen and oxygen atoms in total. The smallest absolute Gasteiger partial charge is 0.217 e. The van der Waals surface area contributed by atoms with Crippen molar-refractivity contribution in [3.05, 3.63) is 0 Å². The molecule has 0 spiro atoms. The van der Waals surface area contributed by atoms with Crippen LogP contribution in [-0.2, 0) is 9.53 Å². The molecule has 0 aliphatic carbocycles. The van der Waals surface area contributed by atoms with E-state index >= 15 is 0 Å². The van der Waals surface area contributed by atoms with Gasteiger partial charge in [-0.15, -0.1) is 0 Å². The van der Waals surface area contributed by atoms with Gasteiger partial charge in [0.05, 0.1) is 0 Å². The fourth-order valence-electron chi connectivity index (χ4n) is 2.02. The molecule has 0 radical (unpaired) electrons. The molecule has 0 saturated carbocycles. The fourth-order valence-corrected chi connectivity index (χ4v) is 2.02. The highest BCUT2D eigenvalue weighted by molar-refractivity contribution is 5.73. The molecule has 1 fully saturated rings. The summed E-state index contributed by atoms with van der Waals surface area (Å²) in [4.78, 5) is 15.4. The molecule has 1 heterocycles. The predicted molar refractivity (Wildman–Crippen MR) is 62.9 cm³/mol. The van der Waals surface area contributed by atoms with Crippen molar-refractivity contribution < 1.29 is 9.53 Å². The van der Waals surface area contributed by atoms with Gasteiger partial charge in [0.2, 0.25) is 5.91 Å². The van der Waals surface area contributed by atoms with Gasteiger partial charge in [0.25, 0.3) is 0 Å². The third kappa shape index (κ3) is 3.43. The molecule has 1 atom stereocenters. The number of nitrogens with zero attached hydrogens (tertiary/aromatic N) is 2. The number of nitrogens with two attached hydrogens (primary N) is 1. The second kappa shape index (κ2) is 5.61. The molecule has 1 unspecified atom stereocenters. The third-order valence-corrected chi connectivity index (χ3v) is 3.45. The standard InChI is InChI=1S/C11H23N3O2/c1-11(16-3,5-4-10(12)15)14-8-6-13(2)7-9-14/h4-9H2,1-3H3,(H2,12,15). The minimum absolute atomic E-state index is 0.266. The maximum absolute atomic E-state index is 10.8. The van der Waals surface area contributed by atoms with Crippen LogP contribution in [0.5, 0.6) is 0 Å². The summed E-state index contributed by atoms with van der Waals surface area (Å²) in [5.41, 5.74) is 4.82. The first-order valence-electron chi connectivity index (χ1n) is 5.75. The first kappa shape index (κ1) is 13.4. The molecule has 2 N–H and O–H groups in total. The van der Waals surface area contributed by atoms with E-state index in [9.17, 15) is 4.79 Å². The van der Waals surface area contributed by atoms with E-state index < -0.39 is 0 Å². The Morgan fingerprint density at radius 1 is 1.38 bits per heavy atom. The highest BCUT2D eigenvalue weighted by atomic mass is 16.5. The van der Waals surface area contributed by atoms with Gasteiger partial charge in [-0.2, -0.15) is 0 Å². The monoisotopic (exact) mass is 229 g/mol. The molecule has 0 aromatic rings. The van der Waals surface area contributed by atoms with Gasteiger partial charge in [-0.25, -0.2) is 0 Å². The van der Waals surface area contributed by atoms with Crippen molar-refractivity contribution in [1.82, 2.24) is 9.80 Å². The SMILES string of the molecule is COC(C)(CCC(N)=O)N1CCN(C)CC1. The van der Waals surface area contributed by atoms with E-state index in [0.29, 0.717) is 12.8 Å². The van der Waals surface area contributed by atoms with Crippen molar-refractivity contribution in [3.63, 3.8) is 0 Å². The number of ether oxygens (including phenoxy) is 1. The van der Waals surface area contributed by atoms with Gasteiger partial charge in [0, 0.05) is 39.7 Å². The Kier molecular flexibility index (Phi) is 4.70. The summed E-state index contributed by atoms with van der Waals surface area (Å²) >= 11 is 0. The molecule has 0 aromatic carbocycles.